The molecule has 1 saturated heterocycles. The van der Waals surface area contributed by atoms with E-state index in [0.717, 1.165) is 26.1 Å². The van der Waals surface area contributed by atoms with Crippen LogP contribution in [-0.2, 0) is 4.74 Å². The first kappa shape index (κ1) is 12.9. The average Bonchev–Trinajstić information content (AvgIpc) is 2.14. The Morgan fingerprint density at radius 1 is 1.40 bits per heavy atom. The minimum Gasteiger partial charge on any atom is -0.394 e. The molecule has 0 aromatic rings. The summed E-state index contributed by atoms with van der Waals surface area (Å²) in [7, 11) is 0. The molecule has 1 aliphatic heterocycles. The molecule has 4 heteroatoms. The van der Waals surface area contributed by atoms with E-state index in [-0.39, 0.29) is 6.61 Å². The number of nitrogens with zero attached hydrogens (tertiary/aromatic N) is 1. The second-order valence-electron chi connectivity index (χ2n) is 5.08. The molecule has 0 amide bonds. The van der Waals surface area contributed by atoms with Crippen molar-refractivity contribution in [2.24, 2.45) is 5.73 Å². The second-order valence-corrected chi connectivity index (χ2v) is 5.08. The number of aliphatic hydroxyl groups is 1. The maximum Gasteiger partial charge on any atom is 0.0678 e. The molecule has 15 heavy (non-hydrogen) atoms. The first-order valence-electron chi connectivity index (χ1n) is 5.70. The highest BCUT2D eigenvalue weighted by atomic mass is 16.5. The van der Waals surface area contributed by atoms with E-state index >= 15 is 0 Å². The summed E-state index contributed by atoms with van der Waals surface area (Å²) < 4.78 is 5.65. The van der Waals surface area contributed by atoms with E-state index in [4.69, 9.17) is 15.6 Å². The van der Waals surface area contributed by atoms with E-state index in [1.54, 1.807) is 0 Å². The maximum absolute atomic E-state index is 9.06. The van der Waals surface area contributed by atoms with Crippen LogP contribution in [0.4, 0.5) is 0 Å². The zero-order valence-corrected chi connectivity index (χ0v) is 10.1. The number of morpholine rings is 1. The van der Waals surface area contributed by atoms with Crippen molar-refractivity contribution >= 4 is 0 Å². The van der Waals surface area contributed by atoms with E-state index in [0.29, 0.717) is 12.2 Å². The minimum absolute atomic E-state index is 0.0441. The van der Waals surface area contributed by atoms with Gasteiger partial charge in [-0.2, -0.15) is 0 Å². The van der Waals surface area contributed by atoms with Gasteiger partial charge in [0.25, 0.3) is 0 Å². The van der Waals surface area contributed by atoms with Gasteiger partial charge >= 0.3 is 0 Å². The standard InChI is InChI=1S/C11H24N2O2/c1-9-6-13(7-10(2)15-9)5-4-11(3,12)8-14/h9-10,14H,4-8,12H2,1-3H3/t9-,10+,11?. The predicted octanol–water partition coefficient (Wildman–Crippen LogP) is 0.195. The summed E-state index contributed by atoms with van der Waals surface area (Å²) in [5.41, 5.74) is 5.44. The van der Waals surface area contributed by atoms with Crippen molar-refractivity contribution in [1.29, 1.82) is 0 Å². The van der Waals surface area contributed by atoms with Gasteiger partial charge in [-0.25, -0.2) is 0 Å². The number of hydrogen-bond donors (Lipinski definition) is 2. The zero-order valence-electron chi connectivity index (χ0n) is 10.1. The van der Waals surface area contributed by atoms with Crippen LogP contribution >= 0.6 is 0 Å². The molecule has 0 radical (unpaired) electrons. The van der Waals surface area contributed by atoms with E-state index < -0.39 is 5.54 Å². The van der Waals surface area contributed by atoms with Gasteiger partial charge in [0.2, 0.25) is 0 Å². The molecular formula is C11H24N2O2. The Kier molecular flexibility index (Phi) is 4.52. The summed E-state index contributed by atoms with van der Waals surface area (Å²) in [6.07, 6.45) is 1.42. The summed E-state index contributed by atoms with van der Waals surface area (Å²) in [4.78, 5) is 2.36. The fourth-order valence-corrected chi connectivity index (χ4v) is 1.96. The lowest BCUT2D eigenvalue weighted by Gasteiger charge is -2.36. The SMILES string of the molecule is C[C@@H]1CN(CCC(C)(N)CO)C[C@H](C)O1. The van der Waals surface area contributed by atoms with E-state index in [1.165, 1.54) is 0 Å². The van der Waals surface area contributed by atoms with E-state index in [1.807, 2.05) is 6.92 Å². The number of rotatable bonds is 4. The third-order valence-corrected chi connectivity index (χ3v) is 2.86. The van der Waals surface area contributed by atoms with Gasteiger partial charge in [0.15, 0.2) is 0 Å². The second kappa shape index (κ2) is 5.25. The number of hydrogen-bond acceptors (Lipinski definition) is 4. The van der Waals surface area contributed by atoms with Crippen LogP contribution in [0, 0.1) is 0 Å². The number of ether oxygens (including phenoxy) is 1. The Morgan fingerprint density at radius 2 is 1.93 bits per heavy atom. The minimum atomic E-state index is -0.454. The van der Waals surface area contributed by atoms with Crippen molar-refractivity contribution in [3.63, 3.8) is 0 Å². The lowest BCUT2D eigenvalue weighted by atomic mass is 10.00. The van der Waals surface area contributed by atoms with Crippen LogP contribution in [0.3, 0.4) is 0 Å². The Balaban J connectivity index is 2.32. The molecule has 1 aliphatic rings. The fourth-order valence-electron chi connectivity index (χ4n) is 1.96. The lowest BCUT2D eigenvalue weighted by Crippen LogP contribution is -2.49. The zero-order chi connectivity index (χ0) is 11.5. The molecule has 0 aromatic carbocycles. The number of aliphatic hydroxyl groups excluding tert-OH is 1. The smallest absolute Gasteiger partial charge is 0.0678 e. The molecule has 1 rings (SSSR count). The van der Waals surface area contributed by atoms with E-state index in [9.17, 15) is 0 Å². The van der Waals surface area contributed by atoms with Crippen molar-refractivity contribution in [2.45, 2.75) is 44.9 Å². The Morgan fingerprint density at radius 3 is 2.40 bits per heavy atom. The molecule has 0 saturated carbocycles. The quantitative estimate of drug-likeness (QED) is 0.704. The van der Waals surface area contributed by atoms with Crippen LogP contribution in [0.1, 0.15) is 27.2 Å². The van der Waals surface area contributed by atoms with Gasteiger partial charge in [-0.1, -0.05) is 0 Å². The molecule has 1 heterocycles. The van der Waals surface area contributed by atoms with Crippen molar-refractivity contribution in [3.8, 4) is 0 Å². The van der Waals surface area contributed by atoms with Gasteiger partial charge in [-0.3, -0.25) is 4.90 Å². The highest BCUT2D eigenvalue weighted by Gasteiger charge is 2.24. The van der Waals surface area contributed by atoms with Crippen LogP contribution in [-0.4, -0.2) is 54.0 Å². The summed E-state index contributed by atoms with van der Waals surface area (Å²) in [5, 5.41) is 9.06. The van der Waals surface area contributed by atoms with Crippen LogP contribution in [0.2, 0.25) is 0 Å². The Hall–Kier alpha value is -0.160. The first-order valence-corrected chi connectivity index (χ1v) is 5.70. The van der Waals surface area contributed by atoms with Gasteiger partial charge in [-0.05, 0) is 27.2 Å². The highest BCUT2D eigenvalue weighted by Crippen LogP contribution is 2.13. The summed E-state index contributed by atoms with van der Waals surface area (Å²) in [6, 6.07) is 0. The predicted molar refractivity (Wildman–Crippen MR) is 60.7 cm³/mol. The molecule has 3 atom stereocenters. The van der Waals surface area contributed by atoms with Crippen LogP contribution in [0.15, 0.2) is 0 Å². The molecule has 0 bridgehead atoms. The molecule has 4 nitrogen and oxygen atoms in total. The molecule has 1 unspecified atom stereocenters. The summed E-state index contributed by atoms with van der Waals surface area (Å²) in [6.45, 7) is 8.98. The van der Waals surface area contributed by atoms with Crippen LogP contribution in [0.25, 0.3) is 0 Å². The topological polar surface area (TPSA) is 58.7 Å². The molecular weight excluding hydrogens is 192 g/mol. The normalized spacial score (nSPS) is 32.6. The summed E-state index contributed by atoms with van der Waals surface area (Å²) >= 11 is 0. The lowest BCUT2D eigenvalue weighted by molar-refractivity contribution is -0.0695. The van der Waals surface area contributed by atoms with Crippen molar-refractivity contribution in [2.75, 3.05) is 26.2 Å². The Labute approximate surface area is 92.4 Å². The number of nitrogens with two attached hydrogens (primary N) is 1. The highest BCUT2D eigenvalue weighted by molar-refractivity contribution is 4.81. The van der Waals surface area contributed by atoms with Crippen LogP contribution in [0.5, 0.6) is 0 Å². The van der Waals surface area contributed by atoms with Crippen molar-refractivity contribution in [3.05, 3.63) is 0 Å². The van der Waals surface area contributed by atoms with Crippen LogP contribution < -0.4 is 5.73 Å². The molecule has 0 aromatic heterocycles. The summed E-state index contributed by atoms with van der Waals surface area (Å²) in [5.74, 6) is 0. The third-order valence-electron chi connectivity index (χ3n) is 2.86. The maximum atomic E-state index is 9.06. The average molecular weight is 216 g/mol. The van der Waals surface area contributed by atoms with Gasteiger partial charge < -0.3 is 15.6 Å². The Bertz CT molecular complexity index is 187. The van der Waals surface area contributed by atoms with E-state index in [2.05, 4.69) is 18.7 Å². The largest absolute Gasteiger partial charge is 0.394 e. The molecule has 90 valence electrons. The van der Waals surface area contributed by atoms with Gasteiger partial charge in [0.1, 0.15) is 0 Å². The van der Waals surface area contributed by atoms with Crippen molar-refractivity contribution < 1.29 is 9.84 Å². The molecule has 0 spiro atoms. The van der Waals surface area contributed by atoms with Gasteiger partial charge in [0, 0.05) is 25.2 Å². The third kappa shape index (κ3) is 4.47. The monoisotopic (exact) mass is 216 g/mol. The molecule has 0 aliphatic carbocycles. The fraction of sp³-hybridized carbons (Fsp3) is 1.00. The molecule has 1 fully saturated rings. The molecule has 3 N–H and O–H groups in total. The first-order chi connectivity index (χ1) is 6.93. The van der Waals surface area contributed by atoms with Crippen molar-refractivity contribution in [1.82, 2.24) is 4.90 Å². The van der Waals surface area contributed by atoms with Gasteiger partial charge in [0.05, 0.1) is 18.8 Å². The van der Waals surface area contributed by atoms with Gasteiger partial charge in [-0.15, -0.1) is 0 Å².